The van der Waals surface area contributed by atoms with E-state index in [9.17, 15) is 0 Å². The Bertz CT molecular complexity index is 156. The van der Waals surface area contributed by atoms with Gasteiger partial charge in [0.25, 0.3) is 0 Å². The minimum absolute atomic E-state index is 0.817. The second-order valence-corrected chi connectivity index (χ2v) is 2.51. The van der Waals surface area contributed by atoms with E-state index in [4.69, 9.17) is 0 Å². The molecule has 0 aromatic heterocycles. The summed E-state index contributed by atoms with van der Waals surface area (Å²) in [6.45, 7) is 7.49. The van der Waals surface area contributed by atoms with Crippen LogP contribution in [0.4, 0.5) is 0 Å². The summed E-state index contributed by atoms with van der Waals surface area (Å²) in [6.07, 6.45) is 3.59. The zero-order chi connectivity index (χ0) is 7.28. The number of nitrogens with zero attached hydrogens (tertiary/aromatic N) is 1. The quantitative estimate of drug-likeness (QED) is 0.359. The van der Waals surface area contributed by atoms with Crippen molar-refractivity contribution < 1.29 is 0 Å². The standard InChI is InChI=1S/C7H10BrN/c1-4-9-7(8)5-6(2)3/h4-5H,2H2,1,3H3/b7-5-,9-4-. The van der Waals surface area contributed by atoms with Crippen LogP contribution in [-0.4, -0.2) is 6.21 Å². The molecule has 0 N–H and O–H groups in total. The predicted octanol–water partition coefficient (Wildman–Crippen LogP) is 2.89. The van der Waals surface area contributed by atoms with Crippen LogP contribution in [0.15, 0.2) is 27.8 Å². The summed E-state index contributed by atoms with van der Waals surface area (Å²) in [5, 5.41) is 0. The number of allylic oxidation sites excluding steroid dienone is 2. The van der Waals surface area contributed by atoms with Crippen LogP contribution in [0, 0.1) is 0 Å². The van der Waals surface area contributed by atoms with Crippen LogP contribution in [0.25, 0.3) is 0 Å². The second kappa shape index (κ2) is 4.50. The molecule has 0 aromatic rings. The summed E-state index contributed by atoms with van der Waals surface area (Å²) in [6, 6.07) is 0. The number of rotatable bonds is 2. The van der Waals surface area contributed by atoms with E-state index >= 15 is 0 Å². The Labute approximate surface area is 64.3 Å². The van der Waals surface area contributed by atoms with Gasteiger partial charge >= 0.3 is 0 Å². The van der Waals surface area contributed by atoms with Gasteiger partial charge in [-0.1, -0.05) is 12.2 Å². The van der Waals surface area contributed by atoms with Crippen LogP contribution < -0.4 is 0 Å². The first kappa shape index (κ1) is 8.63. The molecule has 0 radical (unpaired) electrons. The van der Waals surface area contributed by atoms with Gasteiger partial charge in [-0.15, -0.1) is 0 Å². The first-order valence-electron chi connectivity index (χ1n) is 2.68. The predicted molar refractivity (Wildman–Crippen MR) is 46.0 cm³/mol. The Morgan fingerprint density at radius 2 is 2.22 bits per heavy atom. The molecular formula is C7H10BrN. The molecule has 0 unspecified atom stereocenters. The summed E-state index contributed by atoms with van der Waals surface area (Å²) in [4.78, 5) is 3.96. The largest absolute Gasteiger partial charge is 0.254 e. The van der Waals surface area contributed by atoms with Crippen LogP contribution >= 0.6 is 15.9 Å². The van der Waals surface area contributed by atoms with E-state index in [1.54, 1.807) is 6.21 Å². The molecule has 0 aromatic carbocycles. The molecule has 0 aliphatic heterocycles. The van der Waals surface area contributed by atoms with E-state index in [2.05, 4.69) is 27.5 Å². The van der Waals surface area contributed by atoms with Crippen molar-refractivity contribution in [3.05, 3.63) is 22.8 Å². The number of aliphatic imine (C=N–C) groups is 1. The van der Waals surface area contributed by atoms with E-state index in [0.29, 0.717) is 0 Å². The van der Waals surface area contributed by atoms with Gasteiger partial charge in [-0.05, 0) is 35.9 Å². The molecule has 0 aliphatic rings. The van der Waals surface area contributed by atoms with Crippen molar-refractivity contribution in [3.8, 4) is 0 Å². The van der Waals surface area contributed by atoms with Crippen LogP contribution in [0.3, 0.4) is 0 Å². The molecule has 1 nitrogen and oxygen atoms in total. The maximum absolute atomic E-state index is 3.96. The molecule has 9 heavy (non-hydrogen) atoms. The minimum atomic E-state index is 0.817. The second-order valence-electron chi connectivity index (χ2n) is 1.70. The van der Waals surface area contributed by atoms with Crippen molar-refractivity contribution in [2.75, 3.05) is 0 Å². The molecule has 0 aliphatic carbocycles. The van der Waals surface area contributed by atoms with Gasteiger partial charge in [-0.25, -0.2) is 0 Å². The topological polar surface area (TPSA) is 12.4 Å². The van der Waals surface area contributed by atoms with Gasteiger partial charge in [0.2, 0.25) is 0 Å². The van der Waals surface area contributed by atoms with Crippen LogP contribution in [0.2, 0.25) is 0 Å². The Morgan fingerprint density at radius 3 is 2.56 bits per heavy atom. The van der Waals surface area contributed by atoms with Crippen molar-refractivity contribution in [1.29, 1.82) is 0 Å². The number of hydrogen-bond donors (Lipinski definition) is 0. The first-order valence-corrected chi connectivity index (χ1v) is 3.47. The highest BCUT2D eigenvalue weighted by Crippen LogP contribution is 2.08. The SMILES string of the molecule is C=C(C)/C=C(Br)\N=C/C. The van der Waals surface area contributed by atoms with Crippen LogP contribution in [-0.2, 0) is 0 Å². The van der Waals surface area contributed by atoms with E-state index < -0.39 is 0 Å². The number of hydrogen-bond acceptors (Lipinski definition) is 1. The lowest BCUT2D eigenvalue weighted by Gasteiger charge is -1.86. The maximum atomic E-state index is 3.96. The molecule has 0 atom stereocenters. The average molecular weight is 188 g/mol. The normalized spacial score (nSPS) is 12.6. The molecule has 0 heterocycles. The molecule has 0 amide bonds. The lowest BCUT2D eigenvalue weighted by molar-refractivity contribution is 1.47. The Kier molecular flexibility index (Phi) is 4.32. The van der Waals surface area contributed by atoms with Gasteiger partial charge < -0.3 is 0 Å². The monoisotopic (exact) mass is 187 g/mol. The lowest BCUT2D eigenvalue weighted by Crippen LogP contribution is -1.66. The smallest absolute Gasteiger partial charge is 0.105 e. The minimum Gasteiger partial charge on any atom is -0.254 e. The fourth-order valence-corrected chi connectivity index (χ4v) is 0.959. The van der Waals surface area contributed by atoms with Gasteiger partial charge in [0, 0.05) is 6.21 Å². The van der Waals surface area contributed by atoms with Crippen LogP contribution in [0.1, 0.15) is 13.8 Å². The fraction of sp³-hybridized carbons (Fsp3) is 0.286. The Hall–Kier alpha value is -0.370. The highest BCUT2D eigenvalue weighted by atomic mass is 79.9. The maximum Gasteiger partial charge on any atom is 0.105 e. The molecule has 0 saturated heterocycles. The van der Waals surface area contributed by atoms with Crippen molar-refractivity contribution in [3.63, 3.8) is 0 Å². The van der Waals surface area contributed by atoms with Gasteiger partial charge in [-0.3, -0.25) is 4.99 Å². The van der Waals surface area contributed by atoms with E-state index in [1.165, 1.54) is 0 Å². The molecule has 0 saturated carbocycles. The summed E-state index contributed by atoms with van der Waals surface area (Å²) in [7, 11) is 0. The molecule has 0 rings (SSSR count). The molecule has 0 spiro atoms. The molecule has 0 fully saturated rings. The highest BCUT2D eigenvalue weighted by Gasteiger charge is 1.81. The fourth-order valence-electron chi connectivity index (χ4n) is 0.364. The highest BCUT2D eigenvalue weighted by molar-refractivity contribution is 9.11. The molecule has 2 heteroatoms. The van der Waals surface area contributed by atoms with Gasteiger partial charge in [0.05, 0.1) is 0 Å². The summed E-state index contributed by atoms with van der Waals surface area (Å²) < 4.78 is 0.817. The third-order valence-corrected chi connectivity index (χ3v) is 1.05. The van der Waals surface area contributed by atoms with Crippen molar-refractivity contribution in [2.24, 2.45) is 4.99 Å². The zero-order valence-electron chi connectivity index (χ0n) is 5.69. The third kappa shape index (κ3) is 5.50. The summed E-state index contributed by atoms with van der Waals surface area (Å²) >= 11 is 3.24. The zero-order valence-corrected chi connectivity index (χ0v) is 7.27. The molecule has 0 bridgehead atoms. The summed E-state index contributed by atoms with van der Waals surface area (Å²) in [5.74, 6) is 0. The van der Waals surface area contributed by atoms with Crippen molar-refractivity contribution in [1.82, 2.24) is 0 Å². The lowest BCUT2D eigenvalue weighted by atomic mass is 10.3. The van der Waals surface area contributed by atoms with Gasteiger partial charge in [-0.2, -0.15) is 0 Å². The van der Waals surface area contributed by atoms with Gasteiger partial charge in [0.1, 0.15) is 4.61 Å². The Balaban J connectivity index is 4.00. The molecule has 50 valence electrons. The van der Waals surface area contributed by atoms with Crippen LogP contribution in [0.5, 0.6) is 0 Å². The van der Waals surface area contributed by atoms with Crippen molar-refractivity contribution in [2.45, 2.75) is 13.8 Å². The molecular weight excluding hydrogens is 178 g/mol. The van der Waals surface area contributed by atoms with E-state index in [1.807, 2.05) is 19.9 Å². The third-order valence-electron chi connectivity index (χ3n) is 0.618. The van der Waals surface area contributed by atoms with E-state index in [0.717, 1.165) is 10.2 Å². The van der Waals surface area contributed by atoms with Gasteiger partial charge in [0.15, 0.2) is 0 Å². The first-order chi connectivity index (χ1) is 4.16. The number of halogens is 1. The average Bonchev–Trinajstić information content (AvgIpc) is 1.63. The Morgan fingerprint density at radius 1 is 1.67 bits per heavy atom. The van der Waals surface area contributed by atoms with Crippen molar-refractivity contribution >= 4 is 22.1 Å². The summed E-state index contributed by atoms with van der Waals surface area (Å²) in [5.41, 5.74) is 0.993. The van der Waals surface area contributed by atoms with E-state index in [-0.39, 0.29) is 0 Å².